The lowest BCUT2D eigenvalue weighted by Gasteiger charge is -1.94. The molecule has 3 aromatic rings. The number of rotatable bonds is 3. The van der Waals surface area contributed by atoms with Gasteiger partial charge in [-0.3, -0.25) is 10.1 Å². The highest BCUT2D eigenvalue weighted by molar-refractivity contribution is 9.10. The Kier molecular flexibility index (Phi) is 4.70. The van der Waals surface area contributed by atoms with E-state index in [-0.39, 0.29) is 26.3 Å². The molecule has 14 heteroatoms. The molecule has 3 heterocycles. The average molecular weight is 491 g/mol. The summed E-state index contributed by atoms with van der Waals surface area (Å²) in [5, 5.41) is 19.6. The van der Waals surface area contributed by atoms with Crippen LogP contribution < -0.4 is 5.14 Å². The fourth-order valence-electron chi connectivity index (χ4n) is 1.58. The number of hydrogen-bond donors (Lipinski definition) is 1. The first-order chi connectivity index (χ1) is 9.77. The van der Waals surface area contributed by atoms with E-state index in [4.69, 9.17) is 5.14 Å². The van der Waals surface area contributed by atoms with Crippen molar-refractivity contribution < 1.29 is 13.3 Å². The van der Waals surface area contributed by atoms with E-state index in [2.05, 4.69) is 26.0 Å². The minimum Gasteiger partial charge on any atom is -0.258 e. The number of fused-ring (bicyclic) bond motifs is 1. The van der Waals surface area contributed by atoms with Crippen LogP contribution in [-0.2, 0) is 10.0 Å². The van der Waals surface area contributed by atoms with Crippen molar-refractivity contribution in [3.05, 3.63) is 26.9 Å². The fraction of sp³-hybridized carbons (Fsp3) is 0. The summed E-state index contributed by atoms with van der Waals surface area (Å²) in [6, 6.07) is 2.91. The number of hydrogen-bond acceptors (Lipinski definition) is 8. The zero-order valence-electron chi connectivity index (χ0n) is 10.2. The summed E-state index contributed by atoms with van der Waals surface area (Å²) in [7, 11) is -3.93. The Hall–Kier alpha value is -0.930. The molecule has 0 atom stereocenters. The Morgan fingerprint density at radius 1 is 1.36 bits per heavy atom. The summed E-state index contributed by atoms with van der Waals surface area (Å²) < 4.78 is 24.1. The fourth-order valence-corrected chi connectivity index (χ4v) is 4.75. The van der Waals surface area contributed by atoms with Crippen molar-refractivity contribution in [1.82, 2.24) is 14.6 Å². The molecule has 118 valence electrons. The monoisotopic (exact) mass is 489 g/mol. The van der Waals surface area contributed by atoms with Gasteiger partial charge in [0.15, 0.2) is 0 Å². The van der Waals surface area contributed by atoms with E-state index in [9.17, 15) is 18.5 Å². The SMILES string of the molecule is Br.NS(=O)(=O)c1nn2c(-c3ccc([N+](=O)[O-])s3)c(Br)nc2s1. The van der Waals surface area contributed by atoms with E-state index in [1.165, 1.54) is 10.6 Å². The van der Waals surface area contributed by atoms with E-state index in [1.54, 1.807) is 6.07 Å². The predicted octanol–water partition coefficient (Wildman–Crippen LogP) is 2.42. The second kappa shape index (κ2) is 5.93. The van der Waals surface area contributed by atoms with E-state index in [0.717, 1.165) is 22.7 Å². The predicted molar refractivity (Wildman–Crippen MR) is 90.2 cm³/mol. The van der Waals surface area contributed by atoms with Crippen LogP contribution in [0, 0.1) is 10.1 Å². The first-order valence-electron chi connectivity index (χ1n) is 5.10. The molecule has 3 aromatic heterocycles. The van der Waals surface area contributed by atoms with Crippen LogP contribution in [0.25, 0.3) is 15.5 Å². The number of nitrogens with zero attached hydrogens (tertiary/aromatic N) is 4. The molecule has 0 amide bonds. The molecular formula is C8H5Br2N5O4S3. The largest absolute Gasteiger partial charge is 0.324 e. The molecule has 0 aliphatic carbocycles. The number of primary sulfonamides is 1. The molecule has 0 aliphatic rings. The van der Waals surface area contributed by atoms with Crippen molar-refractivity contribution in [2.45, 2.75) is 4.34 Å². The van der Waals surface area contributed by atoms with Crippen LogP contribution in [0.5, 0.6) is 0 Å². The summed E-state index contributed by atoms with van der Waals surface area (Å²) >= 11 is 4.99. The van der Waals surface area contributed by atoms with Gasteiger partial charge >= 0.3 is 5.00 Å². The molecule has 3 rings (SSSR count). The topological polar surface area (TPSA) is 133 Å². The van der Waals surface area contributed by atoms with Gasteiger partial charge in [0, 0.05) is 6.07 Å². The number of halogens is 2. The minimum absolute atomic E-state index is 0. The van der Waals surface area contributed by atoms with Gasteiger partial charge in [-0.25, -0.2) is 18.5 Å². The van der Waals surface area contributed by atoms with Crippen molar-refractivity contribution in [3.63, 3.8) is 0 Å². The normalized spacial score (nSPS) is 11.5. The minimum atomic E-state index is -3.93. The van der Waals surface area contributed by atoms with Crippen molar-refractivity contribution >= 4 is 75.6 Å². The Bertz CT molecular complexity index is 975. The molecule has 22 heavy (non-hydrogen) atoms. The van der Waals surface area contributed by atoms with Crippen LogP contribution in [0.4, 0.5) is 5.00 Å². The zero-order chi connectivity index (χ0) is 15.4. The third-order valence-corrected chi connectivity index (χ3v) is 6.21. The van der Waals surface area contributed by atoms with Gasteiger partial charge in [0.25, 0.3) is 10.0 Å². The number of nitrogens with two attached hydrogens (primary N) is 1. The van der Waals surface area contributed by atoms with Crippen molar-refractivity contribution in [2.75, 3.05) is 0 Å². The van der Waals surface area contributed by atoms with Crippen LogP contribution in [0.15, 0.2) is 21.1 Å². The highest BCUT2D eigenvalue weighted by Gasteiger charge is 2.23. The second-order valence-electron chi connectivity index (χ2n) is 3.75. The lowest BCUT2D eigenvalue weighted by molar-refractivity contribution is -0.380. The number of aromatic nitrogens is 3. The van der Waals surface area contributed by atoms with Crippen LogP contribution >= 0.6 is 55.6 Å². The van der Waals surface area contributed by atoms with Gasteiger partial charge < -0.3 is 0 Å². The smallest absolute Gasteiger partial charge is 0.258 e. The third-order valence-electron chi connectivity index (χ3n) is 2.39. The first kappa shape index (κ1) is 17.4. The van der Waals surface area contributed by atoms with E-state index in [1.807, 2.05) is 0 Å². The maximum atomic E-state index is 11.3. The standard InChI is InChI=1S/C8H4BrN5O4S3.BrH/c9-6-5(3-1-2-4(19-3)14(15)16)13-7(11-6)20-8(12-13)21(10,17)18;/h1-2H,(H2,10,17,18);1H. The summed E-state index contributed by atoms with van der Waals surface area (Å²) in [6.07, 6.45) is 0. The van der Waals surface area contributed by atoms with Crippen LogP contribution in [0.2, 0.25) is 0 Å². The van der Waals surface area contributed by atoms with Crippen LogP contribution in [0.1, 0.15) is 0 Å². The summed E-state index contributed by atoms with van der Waals surface area (Å²) in [5.74, 6) is 0. The van der Waals surface area contributed by atoms with Crippen LogP contribution in [-0.4, -0.2) is 27.9 Å². The molecule has 0 saturated heterocycles. The Labute approximate surface area is 149 Å². The Balaban J connectivity index is 0.00000176. The molecule has 0 unspecified atom stereocenters. The van der Waals surface area contributed by atoms with Gasteiger partial charge in [0.2, 0.25) is 9.30 Å². The highest BCUT2D eigenvalue weighted by Crippen LogP contribution is 2.38. The van der Waals surface area contributed by atoms with Gasteiger partial charge in [-0.2, -0.15) is 4.52 Å². The van der Waals surface area contributed by atoms with E-state index < -0.39 is 14.9 Å². The number of nitro groups is 1. The lowest BCUT2D eigenvalue weighted by Crippen LogP contribution is -2.12. The van der Waals surface area contributed by atoms with Gasteiger partial charge in [-0.15, -0.1) is 22.1 Å². The van der Waals surface area contributed by atoms with Gasteiger partial charge in [-0.05, 0) is 22.0 Å². The van der Waals surface area contributed by atoms with E-state index >= 15 is 0 Å². The molecule has 0 fully saturated rings. The molecule has 2 N–H and O–H groups in total. The molecule has 0 bridgehead atoms. The first-order valence-corrected chi connectivity index (χ1v) is 9.07. The van der Waals surface area contributed by atoms with Gasteiger partial charge in [-0.1, -0.05) is 22.7 Å². The van der Waals surface area contributed by atoms with Gasteiger partial charge in [0.1, 0.15) is 10.3 Å². The van der Waals surface area contributed by atoms with E-state index in [0.29, 0.717) is 20.1 Å². The average Bonchev–Trinajstić information content (AvgIpc) is 3.00. The molecule has 0 aliphatic heterocycles. The maximum absolute atomic E-state index is 11.3. The number of thiophene rings is 1. The van der Waals surface area contributed by atoms with Crippen molar-refractivity contribution in [1.29, 1.82) is 0 Å². The molecular weight excluding hydrogens is 486 g/mol. The third kappa shape index (κ3) is 2.93. The molecule has 0 spiro atoms. The molecule has 0 saturated carbocycles. The Morgan fingerprint density at radius 2 is 2.05 bits per heavy atom. The second-order valence-corrected chi connectivity index (χ2v) is 8.26. The highest BCUT2D eigenvalue weighted by atomic mass is 79.9. The molecule has 0 aromatic carbocycles. The molecule has 0 radical (unpaired) electrons. The zero-order valence-corrected chi connectivity index (χ0v) is 15.9. The quantitative estimate of drug-likeness (QED) is 0.442. The molecule has 9 nitrogen and oxygen atoms in total. The summed E-state index contributed by atoms with van der Waals surface area (Å²) in [5.41, 5.74) is 0.439. The van der Waals surface area contributed by atoms with Crippen molar-refractivity contribution in [3.8, 4) is 10.6 Å². The summed E-state index contributed by atoms with van der Waals surface area (Å²) in [4.78, 5) is 15.2. The van der Waals surface area contributed by atoms with Crippen LogP contribution in [0.3, 0.4) is 0 Å². The van der Waals surface area contributed by atoms with Gasteiger partial charge in [0.05, 0.1) is 9.80 Å². The summed E-state index contributed by atoms with van der Waals surface area (Å²) in [6.45, 7) is 0. The number of sulfonamides is 1. The Morgan fingerprint density at radius 3 is 2.59 bits per heavy atom. The maximum Gasteiger partial charge on any atom is 0.324 e. The lowest BCUT2D eigenvalue weighted by atomic mass is 10.4. The van der Waals surface area contributed by atoms with Crippen molar-refractivity contribution in [2.24, 2.45) is 5.14 Å². The number of imidazole rings is 1.